The molecule has 2 aliphatic rings. The number of ether oxygens (including phenoxy) is 1. The summed E-state index contributed by atoms with van der Waals surface area (Å²) in [5.41, 5.74) is 1.64. The van der Waals surface area contributed by atoms with Gasteiger partial charge in [0.15, 0.2) is 0 Å². The minimum Gasteiger partial charge on any atom is -0.365 e. The summed E-state index contributed by atoms with van der Waals surface area (Å²) in [7, 11) is 0. The predicted octanol–water partition coefficient (Wildman–Crippen LogP) is 3.15. The molecule has 6 nitrogen and oxygen atoms in total. The molecule has 4 rings (SSSR count). The van der Waals surface area contributed by atoms with Crippen LogP contribution in [0.4, 0.5) is 15.9 Å². The lowest BCUT2D eigenvalue weighted by Gasteiger charge is -2.39. The Bertz CT molecular complexity index is 803. The van der Waals surface area contributed by atoms with E-state index in [9.17, 15) is 14.5 Å². The molecule has 0 amide bonds. The van der Waals surface area contributed by atoms with Gasteiger partial charge in [-0.15, -0.1) is 0 Å². The highest BCUT2D eigenvalue weighted by atomic mass is 19.1. The number of fused-ring (bicyclic) bond motifs is 2. The van der Waals surface area contributed by atoms with E-state index in [4.69, 9.17) is 4.74 Å². The van der Waals surface area contributed by atoms with Gasteiger partial charge in [-0.3, -0.25) is 10.1 Å². The minimum absolute atomic E-state index is 0.0400. The second kappa shape index (κ2) is 5.52. The molecule has 1 aromatic heterocycles. The van der Waals surface area contributed by atoms with Crippen LogP contribution in [0.1, 0.15) is 24.0 Å². The molecule has 0 unspecified atom stereocenters. The smallest absolute Gasteiger partial charge is 0.274 e. The van der Waals surface area contributed by atoms with Crippen LogP contribution >= 0.6 is 0 Å². The van der Waals surface area contributed by atoms with Crippen LogP contribution < -0.4 is 4.90 Å². The molecule has 0 aliphatic carbocycles. The number of benzene rings is 1. The quantitative estimate of drug-likeness (QED) is 0.625. The first kappa shape index (κ1) is 15.0. The van der Waals surface area contributed by atoms with Gasteiger partial charge in [0.1, 0.15) is 11.6 Å². The van der Waals surface area contributed by atoms with Crippen molar-refractivity contribution in [3.63, 3.8) is 0 Å². The van der Waals surface area contributed by atoms with E-state index < -0.39 is 4.92 Å². The summed E-state index contributed by atoms with van der Waals surface area (Å²) in [6.07, 6.45) is 2.95. The number of piperidine rings is 1. The molecular formula is C17H16FN3O3. The summed E-state index contributed by atoms with van der Waals surface area (Å²) in [4.78, 5) is 16.8. The van der Waals surface area contributed by atoms with Crippen molar-refractivity contribution in [3.8, 4) is 0 Å². The number of anilines is 1. The van der Waals surface area contributed by atoms with Gasteiger partial charge in [0, 0.05) is 25.4 Å². The van der Waals surface area contributed by atoms with Gasteiger partial charge in [-0.1, -0.05) is 6.07 Å². The van der Waals surface area contributed by atoms with E-state index in [1.165, 1.54) is 24.4 Å². The van der Waals surface area contributed by atoms with E-state index in [0.717, 1.165) is 24.0 Å². The van der Waals surface area contributed by atoms with E-state index in [-0.39, 0.29) is 17.1 Å². The number of hydrogen-bond donors (Lipinski definition) is 0. The van der Waals surface area contributed by atoms with E-state index in [1.807, 2.05) is 11.0 Å². The summed E-state index contributed by atoms with van der Waals surface area (Å²) in [5.74, 6) is 0.365. The van der Waals surface area contributed by atoms with Gasteiger partial charge < -0.3 is 9.64 Å². The zero-order valence-corrected chi connectivity index (χ0v) is 12.9. The van der Waals surface area contributed by atoms with Crippen molar-refractivity contribution < 1.29 is 14.1 Å². The van der Waals surface area contributed by atoms with Crippen LogP contribution in [0, 0.1) is 15.9 Å². The molecule has 2 aliphatic heterocycles. The summed E-state index contributed by atoms with van der Waals surface area (Å²) < 4.78 is 19.4. The Balaban J connectivity index is 1.54. The molecule has 0 saturated carbocycles. The highest BCUT2D eigenvalue weighted by Gasteiger charge is 2.42. The highest BCUT2D eigenvalue weighted by molar-refractivity contribution is 5.48. The Morgan fingerprint density at radius 2 is 2.04 bits per heavy atom. The Hall–Kier alpha value is -2.54. The lowest BCUT2D eigenvalue weighted by molar-refractivity contribution is -0.384. The van der Waals surface area contributed by atoms with E-state index in [0.29, 0.717) is 25.5 Å². The molecule has 24 heavy (non-hydrogen) atoms. The third kappa shape index (κ3) is 2.41. The molecule has 1 aromatic carbocycles. The monoisotopic (exact) mass is 329 g/mol. The van der Waals surface area contributed by atoms with Gasteiger partial charge in [0.2, 0.25) is 0 Å². The SMILES string of the molecule is O=[N+]([O-])c1ccnc(N2CCC3(CC2)OCc2cc(F)ccc23)c1. The van der Waals surface area contributed by atoms with E-state index in [1.54, 1.807) is 6.07 Å². The fourth-order valence-electron chi connectivity index (χ4n) is 3.62. The van der Waals surface area contributed by atoms with Gasteiger partial charge in [0.05, 0.1) is 23.2 Å². The predicted molar refractivity (Wildman–Crippen MR) is 85.2 cm³/mol. The summed E-state index contributed by atoms with van der Waals surface area (Å²) in [6.45, 7) is 1.80. The number of nitro groups is 1. The molecule has 7 heteroatoms. The van der Waals surface area contributed by atoms with Gasteiger partial charge in [-0.05, 0) is 36.1 Å². The molecule has 0 bridgehead atoms. The minimum atomic E-state index is -0.415. The van der Waals surface area contributed by atoms with Crippen LogP contribution in [0.2, 0.25) is 0 Å². The number of pyridine rings is 1. The van der Waals surface area contributed by atoms with Crippen molar-refractivity contribution in [3.05, 3.63) is 63.6 Å². The normalized spacial score (nSPS) is 18.6. The standard InChI is InChI=1S/C17H16FN3O3/c18-13-1-2-15-12(9-13)11-24-17(15)4-7-20(8-5-17)16-10-14(21(22)23)3-6-19-16/h1-3,6,9-10H,4-5,7-8,11H2. The van der Waals surface area contributed by atoms with Gasteiger partial charge >= 0.3 is 0 Å². The molecule has 3 heterocycles. The van der Waals surface area contributed by atoms with Crippen molar-refractivity contribution in [2.75, 3.05) is 18.0 Å². The first-order valence-electron chi connectivity index (χ1n) is 7.86. The molecule has 1 saturated heterocycles. The fourth-order valence-corrected chi connectivity index (χ4v) is 3.62. The Morgan fingerprint density at radius 1 is 1.25 bits per heavy atom. The first-order valence-corrected chi connectivity index (χ1v) is 7.86. The molecule has 2 aromatic rings. The second-order valence-electron chi connectivity index (χ2n) is 6.20. The van der Waals surface area contributed by atoms with Gasteiger partial charge in [0.25, 0.3) is 5.69 Å². The summed E-state index contributed by atoms with van der Waals surface area (Å²) in [5, 5.41) is 10.9. The Morgan fingerprint density at radius 3 is 2.79 bits per heavy atom. The average Bonchev–Trinajstić information content (AvgIpc) is 2.93. The maximum absolute atomic E-state index is 13.4. The van der Waals surface area contributed by atoms with Crippen LogP contribution in [-0.4, -0.2) is 23.0 Å². The number of nitrogens with zero attached hydrogens (tertiary/aromatic N) is 3. The van der Waals surface area contributed by atoms with Crippen LogP contribution in [0.5, 0.6) is 0 Å². The van der Waals surface area contributed by atoms with E-state index >= 15 is 0 Å². The molecule has 0 radical (unpaired) electrons. The zero-order valence-electron chi connectivity index (χ0n) is 12.9. The highest BCUT2D eigenvalue weighted by Crippen LogP contribution is 2.44. The molecule has 124 valence electrons. The lowest BCUT2D eigenvalue weighted by atomic mass is 9.84. The molecule has 1 fully saturated rings. The molecular weight excluding hydrogens is 313 g/mol. The van der Waals surface area contributed by atoms with Crippen molar-refractivity contribution in [1.82, 2.24) is 4.98 Å². The van der Waals surface area contributed by atoms with Crippen molar-refractivity contribution in [2.45, 2.75) is 25.0 Å². The van der Waals surface area contributed by atoms with E-state index in [2.05, 4.69) is 4.98 Å². The lowest BCUT2D eigenvalue weighted by Crippen LogP contribution is -2.42. The number of rotatable bonds is 2. The summed E-state index contributed by atoms with van der Waals surface area (Å²) >= 11 is 0. The number of aromatic nitrogens is 1. The number of hydrogen-bond acceptors (Lipinski definition) is 5. The van der Waals surface area contributed by atoms with Crippen molar-refractivity contribution in [2.24, 2.45) is 0 Å². The Kier molecular flexibility index (Phi) is 3.45. The van der Waals surface area contributed by atoms with Crippen molar-refractivity contribution >= 4 is 11.5 Å². The molecule has 0 atom stereocenters. The maximum Gasteiger partial charge on any atom is 0.274 e. The van der Waals surface area contributed by atoms with Crippen LogP contribution in [0.3, 0.4) is 0 Å². The first-order chi connectivity index (χ1) is 11.6. The van der Waals surface area contributed by atoms with Crippen LogP contribution in [-0.2, 0) is 16.9 Å². The zero-order chi connectivity index (χ0) is 16.7. The van der Waals surface area contributed by atoms with Crippen molar-refractivity contribution in [1.29, 1.82) is 0 Å². The topological polar surface area (TPSA) is 68.5 Å². The summed E-state index contributed by atoms with van der Waals surface area (Å²) in [6, 6.07) is 7.72. The van der Waals surface area contributed by atoms with Gasteiger partial charge in [-0.25, -0.2) is 9.37 Å². The molecule has 0 N–H and O–H groups in total. The van der Waals surface area contributed by atoms with Crippen LogP contribution in [0.15, 0.2) is 36.5 Å². The Labute approximate surface area is 138 Å². The number of halogens is 1. The largest absolute Gasteiger partial charge is 0.365 e. The third-order valence-electron chi connectivity index (χ3n) is 4.90. The maximum atomic E-state index is 13.4. The van der Waals surface area contributed by atoms with Gasteiger partial charge in [-0.2, -0.15) is 0 Å². The third-order valence-corrected chi connectivity index (χ3v) is 4.90. The molecule has 1 spiro atoms. The second-order valence-corrected chi connectivity index (χ2v) is 6.20. The van der Waals surface area contributed by atoms with Crippen LogP contribution in [0.25, 0.3) is 0 Å². The average molecular weight is 329 g/mol. The fraction of sp³-hybridized carbons (Fsp3) is 0.353.